The van der Waals surface area contributed by atoms with Crippen molar-refractivity contribution in [3.8, 4) is 5.75 Å². The highest BCUT2D eigenvalue weighted by Crippen LogP contribution is 2.30. The Hall–Kier alpha value is -2.98. The Balaban J connectivity index is 1.20. The molecular formula is C24H33N5O5. The first-order valence-electron chi connectivity index (χ1n) is 11.9. The minimum atomic E-state index is -0.919. The number of aryl methyl sites for hydroxylation is 1. The number of aromatic nitrogens is 3. The number of nitrogens with zero attached hydrogens (tertiary/aromatic N) is 4. The van der Waals surface area contributed by atoms with Gasteiger partial charge < -0.3 is 29.7 Å². The van der Waals surface area contributed by atoms with Gasteiger partial charge in [0.15, 0.2) is 5.82 Å². The van der Waals surface area contributed by atoms with E-state index < -0.39 is 6.10 Å². The molecule has 2 aromatic rings. The molecular weight excluding hydrogens is 438 g/mol. The van der Waals surface area contributed by atoms with Gasteiger partial charge in [-0.05, 0) is 62.7 Å². The number of carbonyl (C=O) groups is 1. The fraction of sp³-hybridized carbons (Fsp3) is 0.583. The molecule has 0 saturated carbocycles. The van der Waals surface area contributed by atoms with Crippen molar-refractivity contribution in [3.05, 3.63) is 35.9 Å². The van der Waals surface area contributed by atoms with Gasteiger partial charge in [0.1, 0.15) is 5.75 Å². The highest BCUT2D eigenvalue weighted by atomic mass is 16.5. The molecule has 10 nitrogen and oxygen atoms in total. The fourth-order valence-corrected chi connectivity index (χ4v) is 4.31. The minimum Gasteiger partial charge on any atom is -0.492 e. The normalized spacial score (nSPS) is 20.0. The van der Waals surface area contributed by atoms with Crippen molar-refractivity contribution in [1.29, 1.82) is 0 Å². The average Bonchev–Trinajstić information content (AvgIpc) is 3.32. The summed E-state index contributed by atoms with van der Waals surface area (Å²) in [7, 11) is 0. The van der Waals surface area contributed by atoms with E-state index in [-0.39, 0.29) is 25.0 Å². The van der Waals surface area contributed by atoms with E-state index >= 15 is 0 Å². The molecule has 1 fully saturated rings. The molecule has 1 saturated heterocycles. The summed E-state index contributed by atoms with van der Waals surface area (Å²) in [6.07, 6.45) is 7.07. The number of aliphatic hydroxyl groups excluding tert-OH is 2. The molecule has 0 aromatic carbocycles. The summed E-state index contributed by atoms with van der Waals surface area (Å²) in [6, 6.07) is 4.52. The third-order valence-corrected chi connectivity index (χ3v) is 6.46. The fourth-order valence-electron chi connectivity index (χ4n) is 4.31. The molecule has 1 aliphatic heterocycles. The second kappa shape index (κ2) is 11.4. The zero-order valence-corrected chi connectivity index (χ0v) is 19.5. The van der Waals surface area contributed by atoms with Crippen LogP contribution in [0.25, 0.3) is 5.57 Å². The summed E-state index contributed by atoms with van der Waals surface area (Å²) in [4.78, 5) is 23.2. The minimum absolute atomic E-state index is 0.0723. The first-order chi connectivity index (χ1) is 16.5. The van der Waals surface area contributed by atoms with E-state index in [0.29, 0.717) is 30.8 Å². The number of carbonyl (C=O) groups excluding carboxylic acids is 1. The molecule has 1 aliphatic carbocycles. The Labute approximate surface area is 199 Å². The smallest absolute Gasteiger partial charge is 0.324 e. The van der Waals surface area contributed by atoms with E-state index in [4.69, 9.17) is 14.4 Å². The van der Waals surface area contributed by atoms with Crippen molar-refractivity contribution in [2.45, 2.75) is 45.1 Å². The number of aliphatic hydroxyl groups is 2. The lowest BCUT2D eigenvalue weighted by atomic mass is 9.87. The number of pyridine rings is 1. The summed E-state index contributed by atoms with van der Waals surface area (Å²) in [6.45, 7) is 3.94. The Kier molecular flexibility index (Phi) is 8.12. The molecule has 2 aromatic heterocycles. The second-order valence-electron chi connectivity index (χ2n) is 9.03. The number of hydrogen-bond donors (Lipinski definition) is 3. The molecule has 184 valence electrons. The van der Waals surface area contributed by atoms with Crippen molar-refractivity contribution >= 4 is 17.5 Å². The van der Waals surface area contributed by atoms with Gasteiger partial charge in [0, 0.05) is 25.6 Å². The van der Waals surface area contributed by atoms with Crippen molar-refractivity contribution < 1.29 is 24.3 Å². The monoisotopic (exact) mass is 471 g/mol. The van der Waals surface area contributed by atoms with Gasteiger partial charge in [-0.2, -0.15) is 4.98 Å². The van der Waals surface area contributed by atoms with Crippen molar-refractivity contribution in [2.24, 2.45) is 11.8 Å². The van der Waals surface area contributed by atoms with Gasteiger partial charge in [0.05, 0.1) is 31.2 Å². The van der Waals surface area contributed by atoms with Crippen LogP contribution in [0.4, 0.5) is 6.01 Å². The predicted molar refractivity (Wildman–Crippen MR) is 125 cm³/mol. The van der Waals surface area contributed by atoms with Gasteiger partial charge in [0.25, 0.3) is 0 Å². The molecule has 34 heavy (non-hydrogen) atoms. The van der Waals surface area contributed by atoms with E-state index in [0.717, 1.165) is 55.8 Å². The van der Waals surface area contributed by atoms with Gasteiger partial charge >= 0.3 is 6.01 Å². The Morgan fingerprint density at radius 3 is 2.76 bits per heavy atom. The standard InChI is InChI=1S/C24H33N5O5/c1-16-27-24(34-28-16)29-10-8-17(9-11-29)15-33-21-6-7-22(25-13-21)18-2-4-19(5-3-18)23(32)26-12-20(31)14-30/h2,6-7,13,17,19-20,30-31H,3-5,8-12,14-15H2,1H3,(H,26,32). The summed E-state index contributed by atoms with van der Waals surface area (Å²) in [5.74, 6) is 1.68. The van der Waals surface area contributed by atoms with Gasteiger partial charge in [0.2, 0.25) is 5.91 Å². The van der Waals surface area contributed by atoms with Crippen LogP contribution in [0, 0.1) is 18.8 Å². The van der Waals surface area contributed by atoms with Gasteiger partial charge in [-0.25, -0.2) is 0 Å². The molecule has 3 heterocycles. The van der Waals surface area contributed by atoms with Crippen molar-refractivity contribution in [1.82, 2.24) is 20.4 Å². The number of allylic oxidation sites excluding steroid dienone is 2. The lowest BCUT2D eigenvalue weighted by Gasteiger charge is -2.30. The van der Waals surface area contributed by atoms with Gasteiger partial charge in [-0.15, -0.1) is 0 Å². The molecule has 0 bridgehead atoms. The predicted octanol–water partition coefficient (Wildman–Crippen LogP) is 1.72. The van der Waals surface area contributed by atoms with Crippen LogP contribution in [0.5, 0.6) is 5.75 Å². The third-order valence-electron chi connectivity index (χ3n) is 6.46. The van der Waals surface area contributed by atoms with E-state index in [1.807, 2.05) is 19.1 Å². The van der Waals surface area contributed by atoms with E-state index in [2.05, 4.69) is 31.4 Å². The summed E-state index contributed by atoms with van der Waals surface area (Å²) < 4.78 is 11.2. The maximum Gasteiger partial charge on any atom is 0.324 e. The molecule has 2 atom stereocenters. The van der Waals surface area contributed by atoms with Crippen LogP contribution < -0.4 is 15.0 Å². The Morgan fingerprint density at radius 2 is 2.15 bits per heavy atom. The number of anilines is 1. The van der Waals surface area contributed by atoms with E-state index in [9.17, 15) is 9.90 Å². The number of hydrogen-bond acceptors (Lipinski definition) is 9. The lowest BCUT2D eigenvalue weighted by molar-refractivity contribution is -0.125. The van der Waals surface area contributed by atoms with Gasteiger partial charge in [-0.1, -0.05) is 11.2 Å². The van der Waals surface area contributed by atoms with Crippen LogP contribution in [-0.4, -0.2) is 70.2 Å². The van der Waals surface area contributed by atoms with E-state index in [1.165, 1.54) is 0 Å². The molecule has 3 N–H and O–H groups in total. The zero-order chi connectivity index (χ0) is 23.9. The summed E-state index contributed by atoms with van der Waals surface area (Å²) >= 11 is 0. The SMILES string of the molecule is Cc1noc(N2CCC(COc3ccc(C4=CCC(C(=O)NCC(O)CO)CC4)nc3)CC2)n1. The summed E-state index contributed by atoms with van der Waals surface area (Å²) in [5.41, 5.74) is 2.04. The van der Waals surface area contributed by atoms with Crippen molar-refractivity contribution in [3.63, 3.8) is 0 Å². The second-order valence-corrected chi connectivity index (χ2v) is 9.03. The average molecular weight is 472 g/mol. The largest absolute Gasteiger partial charge is 0.492 e. The first-order valence-corrected chi connectivity index (χ1v) is 11.9. The van der Waals surface area contributed by atoms with Gasteiger partial charge in [-0.3, -0.25) is 9.78 Å². The number of ether oxygens (including phenoxy) is 1. The highest BCUT2D eigenvalue weighted by molar-refractivity contribution is 5.80. The maximum absolute atomic E-state index is 12.2. The third kappa shape index (κ3) is 6.32. The molecule has 4 rings (SSSR count). The number of amides is 1. The Bertz CT molecular complexity index is 968. The molecule has 0 radical (unpaired) electrons. The van der Waals surface area contributed by atoms with Crippen molar-refractivity contribution in [2.75, 3.05) is 37.7 Å². The maximum atomic E-state index is 12.2. The summed E-state index contributed by atoms with van der Waals surface area (Å²) in [5, 5.41) is 24.8. The number of piperidine rings is 1. The quantitative estimate of drug-likeness (QED) is 0.500. The molecule has 2 aliphatic rings. The zero-order valence-electron chi connectivity index (χ0n) is 19.5. The lowest BCUT2D eigenvalue weighted by Crippen LogP contribution is -2.38. The topological polar surface area (TPSA) is 134 Å². The molecule has 1 amide bonds. The van der Waals surface area contributed by atoms with Crippen LogP contribution in [0.2, 0.25) is 0 Å². The molecule has 2 unspecified atom stereocenters. The number of rotatable bonds is 9. The van der Waals surface area contributed by atoms with Crippen LogP contribution in [0.1, 0.15) is 43.6 Å². The van der Waals surface area contributed by atoms with Crippen LogP contribution in [-0.2, 0) is 4.79 Å². The number of nitrogens with one attached hydrogen (secondary N) is 1. The molecule has 0 spiro atoms. The van der Waals surface area contributed by atoms with Crippen LogP contribution in [0.3, 0.4) is 0 Å². The highest BCUT2D eigenvalue weighted by Gasteiger charge is 2.24. The first kappa shape index (κ1) is 24.2. The van der Waals surface area contributed by atoms with Crippen LogP contribution in [0.15, 0.2) is 28.9 Å². The Morgan fingerprint density at radius 1 is 1.32 bits per heavy atom. The van der Waals surface area contributed by atoms with Crippen LogP contribution >= 0.6 is 0 Å². The van der Waals surface area contributed by atoms with E-state index in [1.54, 1.807) is 6.20 Å². The molecule has 10 heteroatoms.